The molecule has 4 unspecified atom stereocenters. The summed E-state index contributed by atoms with van der Waals surface area (Å²) in [6, 6.07) is 1.87. The first-order valence-corrected chi connectivity index (χ1v) is 9.30. The molecule has 1 saturated carbocycles. The van der Waals surface area contributed by atoms with E-state index >= 15 is 0 Å². The van der Waals surface area contributed by atoms with Crippen molar-refractivity contribution in [2.75, 3.05) is 0 Å². The van der Waals surface area contributed by atoms with Gasteiger partial charge in [-0.2, -0.15) is 0 Å². The Morgan fingerprint density at radius 2 is 1.90 bits per heavy atom. The number of fused-ring (bicyclic) bond motifs is 2. The van der Waals surface area contributed by atoms with E-state index in [1.54, 1.807) is 0 Å². The highest BCUT2D eigenvalue weighted by Gasteiger charge is 2.35. The fourth-order valence-corrected chi connectivity index (χ4v) is 4.91. The van der Waals surface area contributed by atoms with Gasteiger partial charge in [0.15, 0.2) is 0 Å². The summed E-state index contributed by atoms with van der Waals surface area (Å²) < 4.78 is 0. The molecule has 2 saturated heterocycles. The summed E-state index contributed by atoms with van der Waals surface area (Å²) in [5.74, 6) is 1.70. The summed E-state index contributed by atoms with van der Waals surface area (Å²) in [4.78, 5) is 12.4. The maximum absolute atomic E-state index is 12.4. The van der Waals surface area contributed by atoms with Gasteiger partial charge in [-0.25, -0.2) is 0 Å². The number of amides is 1. The van der Waals surface area contributed by atoms with Gasteiger partial charge in [-0.3, -0.25) is 4.79 Å². The Morgan fingerprint density at radius 3 is 2.62 bits per heavy atom. The predicted molar refractivity (Wildman–Crippen MR) is 86.1 cm³/mol. The summed E-state index contributed by atoms with van der Waals surface area (Å²) in [7, 11) is 0. The van der Waals surface area contributed by atoms with E-state index < -0.39 is 0 Å². The number of hydrogen-bond acceptors (Lipinski definition) is 2. The van der Waals surface area contributed by atoms with Gasteiger partial charge >= 0.3 is 0 Å². The van der Waals surface area contributed by atoms with Crippen LogP contribution in [0.2, 0.25) is 0 Å². The summed E-state index contributed by atoms with van der Waals surface area (Å²) in [6.07, 6.45) is 13.6. The molecular weight excluding hydrogens is 260 g/mol. The first-order valence-electron chi connectivity index (χ1n) is 9.30. The number of nitrogens with one attached hydrogen (secondary N) is 2. The molecule has 1 amide bonds. The smallest absolute Gasteiger partial charge is 0.220 e. The van der Waals surface area contributed by atoms with Crippen LogP contribution in [0.1, 0.15) is 77.6 Å². The molecule has 0 aromatic carbocycles. The van der Waals surface area contributed by atoms with E-state index in [0.717, 1.165) is 12.3 Å². The highest BCUT2D eigenvalue weighted by atomic mass is 16.1. The van der Waals surface area contributed by atoms with Crippen molar-refractivity contribution in [3.63, 3.8) is 0 Å². The van der Waals surface area contributed by atoms with E-state index in [4.69, 9.17) is 0 Å². The van der Waals surface area contributed by atoms with Crippen LogP contribution in [0.25, 0.3) is 0 Å². The minimum atomic E-state index is 0.328. The quantitative estimate of drug-likeness (QED) is 0.788. The lowest BCUT2D eigenvalue weighted by atomic mass is 9.89. The summed E-state index contributed by atoms with van der Waals surface area (Å²) in [5.41, 5.74) is 0. The molecule has 4 atom stereocenters. The first kappa shape index (κ1) is 15.3. The van der Waals surface area contributed by atoms with Crippen molar-refractivity contribution in [3.05, 3.63) is 0 Å². The van der Waals surface area contributed by atoms with E-state index in [-0.39, 0.29) is 0 Å². The van der Waals surface area contributed by atoms with Gasteiger partial charge in [-0.1, -0.05) is 26.2 Å². The Labute approximate surface area is 129 Å². The molecule has 1 aliphatic carbocycles. The highest BCUT2D eigenvalue weighted by Crippen LogP contribution is 2.33. The number of hydrogen-bond donors (Lipinski definition) is 2. The zero-order chi connectivity index (χ0) is 14.7. The Kier molecular flexibility index (Phi) is 5.20. The third-order valence-corrected chi connectivity index (χ3v) is 5.98. The molecule has 3 fully saturated rings. The zero-order valence-corrected chi connectivity index (χ0v) is 13.6. The second kappa shape index (κ2) is 7.13. The van der Waals surface area contributed by atoms with Crippen molar-refractivity contribution < 1.29 is 4.79 Å². The molecule has 0 aromatic rings. The predicted octanol–water partition coefficient (Wildman–Crippen LogP) is 3.38. The van der Waals surface area contributed by atoms with Gasteiger partial charge in [-0.05, 0) is 56.8 Å². The van der Waals surface area contributed by atoms with Gasteiger partial charge in [-0.15, -0.1) is 0 Å². The average molecular weight is 292 g/mol. The van der Waals surface area contributed by atoms with Crippen LogP contribution < -0.4 is 10.6 Å². The topological polar surface area (TPSA) is 41.1 Å². The van der Waals surface area contributed by atoms with Crippen molar-refractivity contribution in [1.82, 2.24) is 10.6 Å². The van der Waals surface area contributed by atoms with Crippen molar-refractivity contribution in [2.45, 2.75) is 95.7 Å². The molecule has 3 rings (SSSR count). The van der Waals surface area contributed by atoms with Gasteiger partial charge in [0.25, 0.3) is 0 Å². The van der Waals surface area contributed by atoms with Gasteiger partial charge in [0.2, 0.25) is 5.91 Å². The minimum Gasteiger partial charge on any atom is -0.353 e. The number of unbranched alkanes of at least 4 members (excludes halogenated alkanes) is 1. The monoisotopic (exact) mass is 292 g/mol. The molecule has 2 N–H and O–H groups in total. The molecule has 3 nitrogen and oxygen atoms in total. The fourth-order valence-electron chi connectivity index (χ4n) is 4.91. The van der Waals surface area contributed by atoms with Crippen LogP contribution in [0.4, 0.5) is 0 Å². The highest BCUT2D eigenvalue weighted by molar-refractivity contribution is 5.76. The van der Waals surface area contributed by atoms with Crippen molar-refractivity contribution >= 4 is 5.91 Å². The lowest BCUT2D eigenvalue weighted by Crippen LogP contribution is -2.42. The van der Waals surface area contributed by atoms with E-state index in [1.165, 1.54) is 64.2 Å². The van der Waals surface area contributed by atoms with Crippen molar-refractivity contribution in [2.24, 2.45) is 11.8 Å². The molecule has 2 aliphatic heterocycles. The lowest BCUT2D eigenvalue weighted by Gasteiger charge is -2.29. The molecule has 2 bridgehead atoms. The fraction of sp³-hybridized carbons (Fsp3) is 0.944. The molecule has 3 heteroatoms. The molecular formula is C18H32N2O. The first-order chi connectivity index (χ1) is 10.2. The van der Waals surface area contributed by atoms with Crippen molar-refractivity contribution in [3.8, 4) is 0 Å². The van der Waals surface area contributed by atoms with Crippen LogP contribution >= 0.6 is 0 Å². The van der Waals surface area contributed by atoms with Crippen LogP contribution in [0.15, 0.2) is 0 Å². The maximum Gasteiger partial charge on any atom is 0.220 e. The largest absolute Gasteiger partial charge is 0.353 e. The minimum absolute atomic E-state index is 0.328. The van der Waals surface area contributed by atoms with Crippen LogP contribution in [0.5, 0.6) is 0 Å². The van der Waals surface area contributed by atoms with E-state index in [0.29, 0.717) is 30.0 Å². The average Bonchev–Trinajstić information content (AvgIpc) is 3.03. The van der Waals surface area contributed by atoms with Crippen LogP contribution in [-0.4, -0.2) is 24.0 Å². The van der Waals surface area contributed by atoms with Crippen LogP contribution in [0.3, 0.4) is 0 Å². The number of carbonyl (C=O) groups is 1. The zero-order valence-electron chi connectivity index (χ0n) is 13.6. The normalized spacial score (nSPS) is 38.6. The van der Waals surface area contributed by atoms with Crippen molar-refractivity contribution in [1.29, 1.82) is 0 Å². The van der Waals surface area contributed by atoms with Gasteiger partial charge in [0, 0.05) is 24.5 Å². The van der Waals surface area contributed by atoms with Crippen LogP contribution in [0, 0.1) is 11.8 Å². The summed E-state index contributed by atoms with van der Waals surface area (Å²) in [6.45, 7) is 2.26. The van der Waals surface area contributed by atoms with E-state index in [9.17, 15) is 4.79 Å². The Morgan fingerprint density at radius 1 is 1.14 bits per heavy atom. The summed E-state index contributed by atoms with van der Waals surface area (Å²) >= 11 is 0. The lowest BCUT2D eigenvalue weighted by molar-refractivity contribution is -0.123. The van der Waals surface area contributed by atoms with E-state index in [1.807, 2.05) is 0 Å². The molecule has 120 valence electrons. The Hall–Kier alpha value is -0.570. The second-order valence-corrected chi connectivity index (χ2v) is 7.69. The number of rotatable bonds is 6. The Balaban J connectivity index is 1.43. The third-order valence-electron chi connectivity index (χ3n) is 5.98. The standard InChI is InChI=1S/C18H32N2O/c1-2-3-5-14-6-4-7-17(14)20-18(21)12-13-10-15-8-9-16(11-13)19-15/h13-17,19H,2-12H2,1H3,(H,20,21). The second-order valence-electron chi connectivity index (χ2n) is 7.69. The van der Waals surface area contributed by atoms with Gasteiger partial charge in [0.05, 0.1) is 0 Å². The molecule has 0 aromatic heterocycles. The van der Waals surface area contributed by atoms with Gasteiger partial charge in [0.1, 0.15) is 0 Å². The van der Waals surface area contributed by atoms with Crippen LogP contribution in [-0.2, 0) is 4.79 Å². The third kappa shape index (κ3) is 4.00. The molecule has 2 heterocycles. The Bertz CT molecular complexity index is 345. The molecule has 0 radical (unpaired) electrons. The molecule has 21 heavy (non-hydrogen) atoms. The van der Waals surface area contributed by atoms with Gasteiger partial charge < -0.3 is 10.6 Å². The number of piperidine rings is 1. The number of carbonyl (C=O) groups excluding carboxylic acids is 1. The maximum atomic E-state index is 12.4. The summed E-state index contributed by atoms with van der Waals surface area (Å²) in [5, 5.41) is 7.04. The van der Waals surface area contributed by atoms with E-state index in [2.05, 4.69) is 17.6 Å². The molecule has 3 aliphatic rings. The SMILES string of the molecule is CCCCC1CCCC1NC(=O)CC1CC2CCC(C1)N2. The molecule has 0 spiro atoms.